The molecular weight excluding hydrogens is 246 g/mol. The van der Waals surface area contributed by atoms with Crippen molar-refractivity contribution in [1.82, 2.24) is 4.90 Å². The Morgan fingerprint density at radius 1 is 1.47 bits per heavy atom. The Labute approximate surface area is 111 Å². The van der Waals surface area contributed by atoms with Crippen LogP contribution in [0.1, 0.15) is 24.2 Å². The number of carbonyl (C=O) groups excluding carboxylic acids is 1. The molecule has 1 aromatic rings. The maximum absolute atomic E-state index is 12.2. The molecule has 0 aromatic heterocycles. The molecule has 0 fully saturated rings. The van der Waals surface area contributed by atoms with E-state index in [-0.39, 0.29) is 17.5 Å². The second-order valence-electron chi connectivity index (χ2n) is 4.18. The van der Waals surface area contributed by atoms with Gasteiger partial charge in [0.25, 0.3) is 11.6 Å². The fourth-order valence-corrected chi connectivity index (χ4v) is 1.64. The third-order valence-corrected chi connectivity index (χ3v) is 2.71. The molecule has 0 spiro atoms. The van der Waals surface area contributed by atoms with Crippen molar-refractivity contribution < 1.29 is 9.72 Å². The first-order valence-electron chi connectivity index (χ1n) is 5.93. The van der Waals surface area contributed by atoms with E-state index >= 15 is 0 Å². The van der Waals surface area contributed by atoms with Gasteiger partial charge in [0.05, 0.1) is 16.9 Å². The van der Waals surface area contributed by atoms with Gasteiger partial charge in [-0.1, -0.05) is 0 Å². The van der Waals surface area contributed by atoms with Gasteiger partial charge in [0.1, 0.15) is 0 Å². The molecule has 0 saturated heterocycles. The number of hydrogen-bond acceptors (Lipinski definition) is 4. The summed E-state index contributed by atoms with van der Waals surface area (Å²) in [5.74, 6) is -0.471. The SMILES string of the molecule is CCN(CC(C)C#N)C(=O)c1ccc([N+](=O)[O-])cc1. The van der Waals surface area contributed by atoms with Crippen molar-refractivity contribution in [1.29, 1.82) is 5.26 Å². The van der Waals surface area contributed by atoms with Crippen LogP contribution in [-0.4, -0.2) is 28.8 Å². The average Bonchev–Trinajstić information content (AvgIpc) is 2.43. The molecule has 6 nitrogen and oxygen atoms in total. The monoisotopic (exact) mass is 261 g/mol. The lowest BCUT2D eigenvalue weighted by Crippen LogP contribution is -2.34. The summed E-state index contributed by atoms with van der Waals surface area (Å²) in [5.41, 5.74) is 0.336. The van der Waals surface area contributed by atoms with E-state index in [1.165, 1.54) is 24.3 Å². The maximum Gasteiger partial charge on any atom is 0.269 e. The Morgan fingerprint density at radius 3 is 2.47 bits per heavy atom. The predicted molar refractivity (Wildman–Crippen MR) is 69.5 cm³/mol. The summed E-state index contributed by atoms with van der Waals surface area (Å²) >= 11 is 0. The largest absolute Gasteiger partial charge is 0.338 e. The zero-order valence-electron chi connectivity index (χ0n) is 10.9. The summed E-state index contributed by atoms with van der Waals surface area (Å²) in [6.07, 6.45) is 0. The van der Waals surface area contributed by atoms with Gasteiger partial charge < -0.3 is 4.90 Å². The second-order valence-corrected chi connectivity index (χ2v) is 4.18. The number of nitro groups is 1. The van der Waals surface area contributed by atoms with Gasteiger partial charge in [0, 0.05) is 30.8 Å². The van der Waals surface area contributed by atoms with Crippen LogP contribution in [0.3, 0.4) is 0 Å². The van der Waals surface area contributed by atoms with Gasteiger partial charge in [0.15, 0.2) is 0 Å². The number of amides is 1. The lowest BCUT2D eigenvalue weighted by Gasteiger charge is -2.21. The minimum atomic E-state index is -0.510. The number of nitriles is 1. The van der Waals surface area contributed by atoms with Crippen LogP contribution in [0.15, 0.2) is 24.3 Å². The summed E-state index contributed by atoms with van der Waals surface area (Å²) in [5, 5.41) is 19.3. The van der Waals surface area contributed by atoms with Crippen molar-refractivity contribution in [2.24, 2.45) is 5.92 Å². The van der Waals surface area contributed by atoms with Gasteiger partial charge in [-0.25, -0.2) is 0 Å². The Balaban J connectivity index is 2.86. The van der Waals surface area contributed by atoms with Crippen molar-refractivity contribution in [2.45, 2.75) is 13.8 Å². The van der Waals surface area contributed by atoms with Crippen molar-refractivity contribution in [3.8, 4) is 6.07 Å². The van der Waals surface area contributed by atoms with E-state index in [9.17, 15) is 14.9 Å². The van der Waals surface area contributed by atoms with Crippen LogP contribution < -0.4 is 0 Å². The van der Waals surface area contributed by atoms with Crippen LogP contribution in [0.4, 0.5) is 5.69 Å². The van der Waals surface area contributed by atoms with E-state index in [0.29, 0.717) is 18.7 Å². The molecular formula is C13H15N3O3. The molecule has 1 atom stereocenters. The normalized spacial score (nSPS) is 11.4. The topological polar surface area (TPSA) is 87.2 Å². The summed E-state index contributed by atoms with van der Waals surface area (Å²) in [6.45, 7) is 4.41. The van der Waals surface area contributed by atoms with Gasteiger partial charge in [-0.3, -0.25) is 14.9 Å². The molecule has 1 rings (SSSR count). The van der Waals surface area contributed by atoms with Crippen molar-refractivity contribution in [3.05, 3.63) is 39.9 Å². The minimum absolute atomic E-state index is 0.0509. The average molecular weight is 261 g/mol. The van der Waals surface area contributed by atoms with Gasteiger partial charge in [-0.2, -0.15) is 5.26 Å². The molecule has 100 valence electrons. The number of benzene rings is 1. The molecule has 0 bridgehead atoms. The number of carbonyl (C=O) groups is 1. The highest BCUT2D eigenvalue weighted by molar-refractivity contribution is 5.94. The van der Waals surface area contributed by atoms with E-state index in [1.807, 2.05) is 6.92 Å². The Morgan fingerprint density at radius 2 is 2.05 bits per heavy atom. The van der Waals surface area contributed by atoms with E-state index < -0.39 is 4.92 Å². The lowest BCUT2D eigenvalue weighted by atomic mass is 10.1. The molecule has 0 saturated carbocycles. The zero-order valence-corrected chi connectivity index (χ0v) is 10.9. The molecule has 1 amide bonds. The molecule has 0 N–H and O–H groups in total. The highest BCUT2D eigenvalue weighted by Gasteiger charge is 2.17. The van der Waals surface area contributed by atoms with Crippen LogP contribution in [0.2, 0.25) is 0 Å². The summed E-state index contributed by atoms with van der Waals surface area (Å²) in [6, 6.07) is 7.54. The number of nitro benzene ring substituents is 1. The first kappa shape index (κ1) is 14.6. The minimum Gasteiger partial charge on any atom is -0.338 e. The highest BCUT2D eigenvalue weighted by atomic mass is 16.6. The maximum atomic E-state index is 12.2. The first-order chi connectivity index (χ1) is 8.99. The molecule has 1 unspecified atom stereocenters. The molecule has 0 aliphatic rings. The Hall–Kier alpha value is -2.42. The highest BCUT2D eigenvalue weighted by Crippen LogP contribution is 2.14. The Bertz CT molecular complexity index is 505. The van der Waals surface area contributed by atoms with Gasteiger partial charge in [-0.15, -0.1) is 0 Å². The Kier molecular flexibility index (Phi) is 5.01. The second kappa shape index (κ2) is 6.50. The molecule has 1 aromatic carbocycles. The summed E-state index contributed by atoms with van der Waals surface area (Å²) in [7, 11) is 0. The van der Waals surface area contributed by atoms with E-state index in [4.69, 9.17) is 5.26 Å². The predicted octanol–water partition coefficient (Wildman–Crippen LogP) is 2.22. The van der Waals surface area contributed by atoms with Crippen molar-refractivity contribution >= 4 is 11.6 Å². The van der Waals surface area contributed by atoms with Gasteiger partial charge in [0.2, 0.25) is 0 Å². The molecule has 0 aliphatic carbocycles. The molecule has 0 radical (unpaired) electrons. The quantitative estimate of drug-likeness (QED) is 0.600. The standard InChI is InChI=1S/C13H15N3O3/c1-3-15(9-10(2)8-14)13(17)11-4-6-12(7-5-11)16(18)19/h4-7,10H,3,9H2,1-2H3. The zero-order chi connectivity index (χ0) is 14.4. The van der Waals surface area contributed by atoms with Gasteiger partial charge in [-0.05, 0) is 26.0 Å². The van der Waals surface area contributed by atoms with Crippen LogP contribution in [0.25, 0.3) is 0 Å². The molecule has 0 heterocycles. The van der Waals surface area contributed by atoms with Gasteiger partial charge >= 0.3 is 0 Å². The fraction of sp³-hybridized carbons (Fsp3) is 0.385. The third kappa shape index (κ3) is 3.78. The first-order valence-corrected chi connectivity index (χ1v) is 5.93. The van der Waals surface area contributed by atoms with E-state index in [2.05, 4.69) is 6.07 Å². The number of non-ortho nitro benzene ring substituents is 1. The van der Waals surface area contributed by atoms with Crippen molar-refractivity contribution in [2.75, 3.05) is 13.1 Å². The number of nitrogens with zero attached hydrogens (tertiary/aromatic N) is 3. The summed E-state index contributed by atoms with van der Waals surface area (Å²) in [4.78, 5) is 23.7. The molecule has 19 heavy (non-hydrogen) atoms. The van der Waals surface area contributed by atoms with E-state index in [1.54, 1.807) is 11.8 Å². The van der Waals surface area contributed by atoms with E-state index in [0.717, 1.165) is 0 Å². The smallest absolute Gasteiger partial charge is 0.269 e. The van der Waals surface area contributed by atoms with Crippen molar-refractivity contribution in [3.63, 3.8) is 0 Å². The molecule has 0 aliphatic heterocycles. The molecule has 6 heteroatoms. The van der Waals surface area contributed by atoms with Crippen LogP contribution in [-0.2, 0) is 0 Å². The number of rotatable bonds is 5. The fourth-order valence-electron chi connectivity index (χ4n) is 1.64. The van der Waals surface area contributed by atoms with Crippen LogP contribution in [0, 0.1) is 27.4 Å². The number of hydrogen-bond donors (Lipinski definition) is 0. The van der Waals surface area contributed by atoms with Crippen LogP contribution >= 0.6 is 0 Å². The lowest BCUT2D eigenvalue weighted by molar-refractivity contribution is -0.384. The van der Waals surface area contributed by atoms with Crippen LogP contribution in [0.5, 0.6) is 0 Å². The third-order valence-electron chi connectivity index (χ3n) is 2.71. The summed E-state index contributed by atoms with van der Waals surface area (Å²) < 4.78 is 0.